The van der Waals surface area contributed by atoms with Crippen molar-refractivity contribution in [2.24, 2.45) is 5.92 Å². The molecule has 3 unspecified atom stereocenters. The monoisotopic (exact) mass is 267 g/mol. The number of rotatable bonds is 2. The van der Waals surface area contributed by atoms with Crippen LogP contribution in [0.15, 0.2) is 6.33 Å². The predicted molar refractivity (Wildman–Crippen MR) is 65.4 cm³/mol. The number of fused-ring (bicyclic) bond motifs is 1. The summed E-state index contributed by atoms with van der Waals surface area (Å²) in [5.41, 5.74) is 1.20. The summed E-state index contributed by atoms with van der Waals surface area (Å²) >= 11 is 5.07. The molecule has 1 fully saturated rings. The summed E-state index contributed by atoms with van der Waals surface area (Å²) in [5, 5.41) is 27.2. The topological polar surface area (TPSA) is 99.8 Å². The standard InChI is InChI=1S/C10H13N5O2S/c16-3-5-1-6(7(17)2-5)15-9-8(13-14-15)10(18)12-4-11-9/h4-7,16-17H,1-3H2,(H,11,12,18). The lowest BCUT2D eigenvalue weighted by Crippen LogP contribution is -2.19. The highest BCUT2D eigenvalue weighted by Gasteiger charge is 2.35. The number of aliphatic hydroxyl groups is 2. The third kappa shape index (κ3) is 1.73. The minimum Gasteiger partial charge on any atom is -0.396 e. The maximum absolute atomic E-state index is 10.0. The Balaban J connectivity index is 2.05. The molecule has 0 spiro atoms. The molecule has 1 saturated carbocycles. The minimum absolute atomic E-state index is 0.0811. The number of aromatic nitrogens is 5. The molecule has 2 heterocycles. The Bertz CT molecular complexity index is 624. The van der Waals surface area contributed by atoms with Crippen molar-refractivity contribution < 1.29 is 10.2 Å². The molecule has 18 heavy (non-hydrogen) atoms. The Morgan fingerprint density at radius 2 is 2.33 bits per heavy atom. The molecule has 3 atom stereocenters. The molecule has 3 N–H and O–H groups in total. The number of aliphatic hydroxyl groups excluding tert-OH is 2. The second kappa shape index (κ2) is 4.38. The summed E-state index contributed by atoms with van der Waals surface area (Å²) in [6, 6.07) is -0.180. The first-order chi connectivity index (χ1) is 8.70. The molecule has 0 radical (unpaired) electrons. The van der Waals surface area contributed by atoms with Crippen LogP contribution in [0.25, 0.3) is 11.2 Å². The van der Waals surface area contributed by atoms with Crippen molar-refractivity contribution in [1.29, 1.82) is 0 Å². The van der Waals surface area contributed by atoms with Gasteiger partial charge in [0.1, 0.15) is 0 Å². The van der Waals surface area contributed by atoms with Crippen LogP contribution in [0.2, 0.25) is 0 Å². The highest BCUT2D eigenvalue weighted by molar-refractivity contribution is 7.71. The van der Waals surface area contributed by atoms with E-state index >= 15 is 0 Å². The number of nitrogens with one attached hydrogen (secondary N) is 1. The second-order valence-electron chi connectivity index (χ2n) is 4.59. The van der Waals surface area contributed by atoms with E-state index < -0.39 is 6.10 Å². The van der Waals surface area contributed by atoms with Gasteiger partial charge in [-0.1, -0.05) is 17.4 Å². The third-order valence-electron chi connectivity index (χ3n) is 3.45. The number of hydrogen-bond donors (Lipinski definition) is 3. The first kappa shape index (κ1) is 11.7. The molecule has 7 nitrogen and oxygen atoms in total. The Morgan fingerprint density at radius 3 is 3.06 bits per heavy atom. The van der Waals surface area contributed by atoms with Gasteiger partial charge in [0, 0.05) is 6.61 Å². The van der Waals surface area contributed by atoms with E-state index in [-0.39, 0.29) is 18.6 Å². The van der Waals surface area contributed by atoms with E-state index in [1.165, 1.54) is 6.33 Å². The molecular weight excluding hydrogens is 254 g/mol. The zero-order valence-corrected chi connectivity index (χ0v) is 10.3. The van der Waals surface area contributed by atoms with Gasteiger partial charge in [-0.3, -0.25) is 0 Å². The molecule has 8 heteroatoms. The van der Waals surface area contributed by atoms with Crippen LogP contribution in [0.1, 0.15) is 18.9 Å². The summed E-state index contributed by atoms with van der Waals surface area (Å²) in [6.07, 6.45) is 2.23. The van der Waals surface area contributed by atoms with Gasteiger partial charge in [-0.25, -0.2) is 9.67 Å². The van der Waals surface area contributed by atoms with Crippen molar-refractivity contribution in [2.45, 2.75) is 25.0 Å². The van der Waals surface area contributed by atoms with Crippen LogP contribution in [0.3, 0.4) is 0 Å². The molecule has 0 bridgehead atoms. The van der Waals surface area contributed by atoms with Crippen molar-refractivity contribution >= 4 is 23.4 Å². The number of nitrogens with zero attached hydrogens (tertiary/aromatic N) is 4. The Morgan fingerprint density at radius 1 is 1.50 bits per heavy atom. The average Bonchev–Trinajstić information content (AvgIpc) is 2.93. The lowest BCUT2D eigenvalue weighted by molar-refractivity contribution is 0.127. The fraction of sp³-hybridized carbons (Fsp3) is 0.600. The van der Waals surface area contributed by atoms with Gasteiger partial charge in [0.05, 0.1) is 18.5 Å². The smallest absolute Gasteiger partial charge is 0.166 e. The highest BCUT2D eigenvalue weighted by atomic mass is 32.1. The quantitative estimate of drug-likeness (QED) is 0.672. The Labute approximate surface area is 107 Å². The van der Waals surface area contributed by atoms with Crippen LogP contribution < -0.4 is 0 Å². The lowest BCUT2D eigenvalue weighted by Gasteiger charge is -2.14. The van der Waals surface area contributed by atoms with Gasteiger partial charge >= 0.3 is 0 Å². The van der Waals surface area contributed by atoms with Crippen molar-refractivity contribution in [2.75, 3.05) is 6.61 Å². The highest BCUT2D eigenvalue weighted by Crippen LogP contribution is 2.35. The van der Waals surface area contributed by atoms with Gasteiger partial charge in [0.15, 0.2) is 15.8 Å². The molecule has 0 aliphatic heterocycles. The largest absolute Gasteiger partial charge is 0.396 e. The average molecular weight is 267 g/mol. The van der Waals surface area contributed by atoms with Crippen molar-refractivity contribution in [3.63, 3.8) is 0 Å². The van der Waals surface area contributed by atoms with E-state index in [1.807, 2.05) is 0 Å². The van der Waals surface area contributed by atoms with Gasteiger partial charge in [-0.2, -0.15) is 0 Å². The van der Waals surface area contributed by atoms with E-state index in [2.05, 4.69) is 20.3 Å². The number of hydrogen-bond acceptors (Lipinski definition) is 6. The van der Waals surface area contributed by atoms with E-state index in [0.29, 0.717) is 28.6 Å². The van der Waals surface area contributed by atoms with Crippen LogP contribution in [0.4, 0.5) is 0 Å². The zero-order valence-electron chi connectivity index (χ0n) is 9.52. The zero-order chi connectivity index (χ0) is 12.7. The number of H-pyrrole nitrogens is 1. The maximum Gasteiger partial charge on any atom is 0.166 e. The molecule has 0 aromatic carbocycles. The van der Waals surface area contributed by atoms with Crippen molar-refractivity contribution in [3.05, 3.63) is 11.0 Å². The fourth-order valence-electron chi connectivity index (χ4n) is 2.52. The number of aromatic amines is 1. The third-order valence-corrected chi connectivity index (χ3v) is 3.75. The van der Waals surface area contributed by atoms with Crippen LogP contribution >= 0.6 is 12.2 Å². The van der Waals surface area contributed by atoms with Gasteiger partial charge in [0.25, 0.3) is 0 Å². The normalized spacial score (nSPS) is 28.0. The molecule has 2 aromatic heterocycles. The molecule has 2 aromatic rings. The molecule has 96 valence electrons. The van der Waals surface area contributed by atoms with Crippen LogP contribution in [0, 0.1) is 10.6 Å². The maximum atomic E-state index is 10.0. The molecule has 1 aliphatic rings. The van der Waals surface area contributed by atoms with E-state index in [9.17, 15) is 5.11 Å². The second-order valence-corrected chi connectivity index (χ2v) is 4.98. The van der Waals surface area contributed by atoms with Crippen LogP contribution in [-0.2, 0) is 0 Å². The summed E-state index contributed by atoms with van der Waals surface area (Å²) in [5.74, 6) is 0.106. The van der Waals surface area contributed by atoms with Crippen LogP contribution in [-0.4, -0.2) is 47.9 Å². The molecule has 1 aliphatic carbocycles. The van der Waals surface area contributed by atoms with Crippen molar-refractivity contribution in [3.8, 4) is 0 Å². The predicted octanol–water partition coefficient (Wildman–Crippen LogP) is 0.188. The SMILES string of the molecule is OCC1CC(O)C(n2nnc3c(=S)nc[nH]c32)C1. The molecule has 0 amide bonds. The first-order valence-corrected chi connectivity index (χ1v) is 6.19. The van der Waals surface area contributed by atoms with E-state index in [0.717, 1.165) is 0 Å². The summed E-state index contributed by atoms with van der Waals surface area (Å²) in [6.45, 7) is 0.0811. The van der Waals surface area contributed by atoms with Gasteiger partial charge in [0.2, 0.25) is 0 Å². The minimum atomic E-state index is -0.526. The van der Waals surface area contributed by atoms with Crippen molar-refractivity contribution in [1.82, 2.24) is 25.0 Å². The molecule has 3 rings (SSSR count). The van der Waals surface area contributed by atoms with Gasteiger partial charge in [-0.05, 0) is 18.8 Å². The molecule has 0 saturated heterocycles. The van der Waals surface area contributed by atoms with Gasteiger partial charge in [-0.15, -0.1) is 5.10 Å². The lowest BCUT2D eigenvalue weighted by atomic mass is 10.1. The summed E-state index contributed by atoms with van der Waals surface area (Å²) in [4.78, 5) is 6.90. The summed E-state index contributed by atoms with van der Waals surface area (Å²) < 4.78 is 2.04. The van der Waals surface area contributed by atoms with Crippen LogP contribution in [0.5, 0.6) is 0 Å². The molecular formula is C10H13N5O2S. The fourth-order valence-corrected chi connectivity index (χ4v) is 2.71. The van der Waals surface area contributed by atoms with Gasteiger partial charge < -0.3 is 15.2 Å². The first-order valence-electron chi connectivity index (χ1n) is 5.78. The Kier molecular flexibility index (Phi) is 2.84. The van der Waals surface area contributed by atoms with E-state index in [1.54, 1.807) is 4.68 Å². The Hall–Kier alpha value is -1.38. The van der Waals surface area contributed by atoms with E-state index in [4.69, 9.17) is 17.3 Å². The summed E-state index contributed by atoms with van der Waals surface area (Å²) in [7, 11) is 0.